The molecule has 0 unspecified atom stereocenters. The lowest BCUT2D eigenvalue weighted by atomic mass is 10.1. The van der Waals surface area contributed by atoms with Crippen molar-refractivity contribution in [2.45, 2.75) is 25.4 Å². The molecule has 1 heterocycles. The second kappa shape index (κ2) is 8.39. The van der Waals surface area contributed by atoms with E-state index >= 15 is 0 Å². The van der Waals surface area contributed by atoms with E-state index in [0.29, 0.717) is 23.3 Å². The molecule has 5 nitrogen and oxygen atoms in total. The normalized spacial score (nSPS) is 15.4. The Kier molecular flexibility index (Phi) is 5.96. The van der Waals surface area contributed by atoms with Gasteiger partial charge in [0.2, 0.25) is 5.91 Å². The van der Waals surface area contributed by atoms with Gasteiger partial charge in [0, 0.05) is 0 Å². The van der Waals surface area contributed by atoms with Gasteiger partial charge in [-0.05, 0) is 43.0 Å². The Labute approximate surface area is 163 Å². The van der Waals surface area contributed by atoms with Crippen molar-refractivity contribution in [3.8, 4) is 0 Å². The number of hydrogen-bond acceptors (Lipinski definition) is 4. The van der Waals surface area contributed by atoms with Gasteiger partial charge < -0.3 is 5.32 Å². The zero-order valence-corrected chi connectivity index (χ0v) is 16.2. The summed E-state index contributed by atoms with van der Waals surface area (Å²) in [5.41, 5.74) is 1.69. The van der Waals surface area contributed by atoms with Gasteiger partial charge in [-0.2, -0.15) is 11.8 Å². The van der Waals surface area contributed by atoms with E-state index in [1.54, 1.807) is 36.0 Å². The number of rotatable bonds is 7. The van der Waals surface area contributed by atoms with Crippen LogP contribution in [0.3, 0.4) is 0 Å². The first-order valence-corrected chi connectivity index (χ1v) is 10.2. The summed E-state index contributed by atoms with van der Waals surface area (Å²) in [6.07, 6.45) is 2.35. The van der Waals surface area contributed by atoms with Crippen LogP contribution in [0, 0.1) is 0 Å². The van der Waals surface area contributed by atoms with Crippen LogP contribution in [0.1, 0.15) is 45.7 Å². The monoisotopic (exact) mass is 382 g/mol. The second-order valence-corrected chi connectivity index (χ2v) is 7.45. The predicted octanol–water partition coefficient (Wildman–Crippen LogP) is 3.28. The highest BCUT2D eigenvalue weighted by Gasteiger charge is 2.42. The molecular formula is C21H22N2O3S. The maximum absolute atomic E-state index is 13.0. The molecule has 0 saturated heterocycles. The summed E-state index contributed by atoms with van der Waals surface area (Å²) in [4.78, 5) is 39.7. The van der Waals surface area contributed by atoms with Gasteiger partial charge >= 0.3 is 0 Å². The standard InChI is InChI=1S/C21H22N2O3S/c1-14(15-8-4-3-5-9-15)22-19(24)18(12-13-27-2)23-20(25)16-10-6-7-11-17(16)21(23)26/h3-11,14,18H,12-13H2,1-2H3,(H,22,24)/t14-,18-/m0/s1. The van der Waals surface area contributed by atoms with Crippen LogP contribution in [-0.4, -0.2) is 40.7 Å². The first-order chi connectivity index (χ1) is 13.0. The summed E-state index contributed by atoms with van der Waals surface area (Å²) in [7, 11) is 0. The van der Waals surface area contributed by atoms with Crippen molar-refractivity contribution in [1.29, 1.82) is 0 Å². The molecule has 0 fully saturated rings. The molecule has 0 aromatic heterocycles. The van der Waals surface area contributed by atoms with Crippen molar-refractivity contribution in [3.63, 3.8) is 0 Å². The fourth-order valence-electron chi connectivity index (χ4n) is 3.23. The van der Waals surface area contributed by atoms with E-state index < -0.39 is 17.9 Å². The van der Waals surface area contributed by atoms with E-state index in [0.717, 1.165) is 10.5 Å². The topological polar surface area (TPSA) is 66.5 Å². The summed E-state index contributed by atoms with van der Waals surface area (Å²) in [6, 6.07) is 15.3. The number of carbonyl (C=O) groups is 3. The summed E-state index contributed by atoms with van der Waals surface area (Å²) < 4.78 is 0. The molecule has 1 aliphatic rings. The predicted molar refractivity (Wildman–Crippen MR) is 107 cm³/mol. The molecule has 0 spiro atoms. The van der Waals surface area contributed by atoms with Gasteiger partial charge in [-0.3, -0.25) is 19.3 Å². The van der Waals surface area contributed by atoms with E-state index in [9.17, 15) is 14.4 Å². The number of nitrogens with zero attached hydrogens (tertiary/aromatic N) is 1. The zero-order chi connectivity index (χ0) is 19.4. The van der Waals surface area contributed by atoms with E-state index in [1.807, 2.05) is 43.5 Å². The van der Waals surface area contributed by atoms with Crippen LogP contribution in [0.15, 0.2) is 54.6 Å². The lowest BCUT2D eigenvalue weighted by molar-refractivity contribution is -0.125. The fourth-order valence-corrected chi connectivity index (χ4v) is 3.69. The first-order valence-electron chi connectivity index (χ1n) is 8.85. The number of amides is 3. The third-order valence-corrected chi connectivity index (χ3v) is 5.34. The van der Waals surface area contributed by atoms with Crippen molar-refractivity contribution in [2.24, 2.45) is 0 Å². The minimum Gasteiger partial charge on any atom is -0.348 e. The van der Waals surface area contributed by atoms with Crippen molar-refractivity contribution in [2.75, 3.05) is 12.0 Å². The van der Waals surface area contributed by atoms with Gasteiger partial charge in [-0.25, -0.2) is 0 Å². The van der Waals surface area contributed by atoms with Gasteiger partial charge in [0.1, 0.15) is 6.04 Å². The number of imide groups is 1. The summed E-state index contributed by atoms with van der Waals surface area (Å²) in [5, 5.41) is 2.96. The maximum atomic E-state index is 13.0. The van der Waals surface area contributed by atoms with Crippen LogP contribution in [0.2, 0.25) is 0 Å². The van der Waals surface area contributed by atoms with Crippen LogP contribution in [-0.2, 0) is 4.79 Å². The highest BCUT2D eigenvalue weighted by molar-refractivity contribution is 7.98. The summed E-state index contributed by atoms with van der Waals surface area (Å²) >= 11 is 1.58. The van der Waals surface area contributed by atoms with Crippen molar-refractivity contribution < 1.29 is 14.4 Å². The van der Waals surface area contributed by atoms with Gasteiger partial charge in [-0.15, -0.1) is 0 Å². The molecule has 0 aliphatic carbocycles. The molecule has 140 valence electrons. The average Bonchev–Trinajstić information content (AvgIpc) is 2.94. The van der Waals surface area contributed by atoms with Gasteiger partial charge in [0.25, 0.3) is 11.8 Å². The highest BCUT2D eigenvalue weighted by atomic mass is 32.2. The Morgan fingerprint density at radius 1 is 1.00 bits per heavy atom. The number of thioether (sulfide) groups is 1. The van der Waals surface area contributed by atoms with Gasteiger partial charge in [-0.1, -0.05) is 42.5 Å². The molecule has 0 saturated carbocycles. The molecule has 1 aliphatic heterocycles. The van der Waals surface area contributed by atoms with E-state index in [2.05, 4.69) is 5.32 Å². The molecular weight excluding hydrogens is 360 g/mol. The van der Waals surface area contributed by atoms with Gasteiger partial charge in [0.05, 0.1) is 17.2 Å². The van der Waals surface area contributed by atoms with Gasteiger partial charge in [0.15, 0.2) is 0 Å². The third-order valence-electron chi connectivity index (χ3n) is 4.69. The number of benzene rings is 2. The summed E-state index contributed by atoms with van der Waals surface area (Å²) in [6.45, 7) is 1.89. The fraction of sp³-hybridized carbons (Fsp3) is 0.286. The minimum absolute atomic E-state index is 0.217. The van der Waals surface area contributed by atoms with E-state index in [-0.39, 0.29) is 11.9 Å². The largest absolute Gasteiger partial charge is 0.348 e. The number of hydrogen-bond donors (Lipinski definition) is 1. The molecule has 3 amide bonds. The minimum atomic E-state index is -0.823. The molecule has 27 heavy (non-hydrogen) atoms. The van der Waals surface area contributed by atoms with Crippen LogP contribution in [0.5, 0.6) is 0 Å². The zero-order valence-electron chi connectivity index (χ0n) is 15.3. The average molecular weight is 382 g/mol. The Hall–Kier alpha value is -2.60. The van der Waals surface area contributed by atoms with E-state index in [4.69, 9.17) is 0 Å². The molecule has 2 atom stereocenters. The first kappa shape index (κ1) is 19.2. The number of fused-ring (bicyclic) bond motifs is 1. The van der Waals surface area contributed by atoms with Crippen molar-refractivity contribution in [3.05, 3.63) is 71.3 Å². The highest BCUT2D eigenvalue weighted by Crippen LogP contribution is 2.26. The Bertz CT molecular complexity index is 819. The van der Waals surface area contributed by atoms with Crippen LogP contribution >= 0.6 is 11.8 Å². The molecule has 2 aromatic rings. The Morgan fingerprint density at radius 3 is 2.11 bits per heavy atom. The number of carbonyl (C=O) groups excluding carboxylic acids is 3. The van der Waals surface area contributed by atoms with Crippen LogP contribution in [0.25, 0.3) is 0 Å². The quantitative estimate of drug-likeness (QED) is 0.747. The smallest absolute Gasteiger partial charge is 0.262 e. The SMILES string of the molecule is CSCC[C@@H](C(=O)N[C@@H](C)c1ccccc1)N1C(=O)c2ccccc2C1=O. The lowest BCUT2D eigenvalue weighted by Gasteiger charge is -2.27. The molecule has 2 aromatic carbocycles. The third kappa shape index (κ3) is 3.90. The second-order valence-electron chi connectivity index (χ2n) is 6.46. The number of nitrogens with one attached hydrogen (secondary N) is 1. The van der Waals surface area contributed by atoms with Crippen molar-refractivity contribution >= 4 is 29.5 Å². The molecule has 6 heteroatoms. The Balaban J connectivity index is 1.83. The molecule has 1 N–H and O–H groups in total. The van der Waals surface area contributed by atoms with Crippen LogP contribution in [0.4, 0.5) is 0 Å². The summed E-state index contributed by atoms with van der Waals surface area (Å²) in [5.74, 6) is -0.436. The molecule has 0 radical (unpaired) electrons. The maximum Gasteiger partial charge on any atom is 0.262 e. The lowest BCUT2D eigenvalue weighted by Crippen LogP contribution is -2.50. The van der Waals surface area contributed by atoms with Crippen molar-refractivity contribution in [1.82, 2.24) is 10.2 Å². The van der Waals surface area contributed by atoms with E-state index in [1.165, 1.54) is 0 Å². The van der Waals surface area contributed by atoms with Crippen LogP contribution < -0.4 is 5.32 Å². The Morgan fingerprint density at radius 2 is 1.56 bits per heavy atom. The molecule has 3 rings (SSSR count). The molecule has 0 bridgehead atoms.